The van der Waals surface area contributed by atoms with Gasteiger partial charge >= 0.3 is 0 Å². The molecule has 3 N–H and O–H groups in total. The summed E-state index contributed by atoms with van der Waals surface area (Å²) < 4.78 is 0.812. The molecule has 0 saturated heterocycles. The maximum atomic E-state index is 12.4. The summed E-state index contributed by atoms with van der Waals surface area (Å²) in [6.45, 7) is 1.83. The Labute approximate surface area is 122 Å². The molecule has 0 radical (unpaired) electrons. The first kappa shape index (κ1) is 12.8. The number of carbonyl (C=O) groups is 1. The van der Waals surface area contributed by atoms with Crippen LogP contribution in [0.2, 0.25) is 0 Å². The van der Waals surface area contributed by atoms with E-state index in [-0.39, 0.29) is 11.9 Å². The van der Waals surface area contributed by atoms with Crippen LogP contribution in [0.3, 0.4) is 0 Å². The molecule has 0 fully saturated rings. The summed E-state index contributed by atoms with van der Waals surface area (Å²) in [6.07, 6.45) is 2.97. The number of hydrogen-bond acceptors (Lipinski definition) is 4. The second-order valence-electron chi connectivity index (χ2n) is 4.32. The molecule has 0 aliphatic carbocycles. The van der Waals surface area contributed by atoms with Gasteiger partial charge in [-0.3, -0.25) is 9.89 Å². The summed E-state index contributed by atoms with van der Waals surface area (Å²) in [5.41, 5.74) is 1.94. The van der Waals surface area contributed by atoms with Crippen molar-refractivity contribution in [3.8, 4) is 0 Å². The highest BCUT2D eigenvalue weighted by molar-refractivity contribution is 9.10. The molecular weight excluding hydrogens is 324 g/mol. The Morgan fingerprint density at radius 3 is 3.00 bits per heavy atom. The third-order valence-electron chi connectivity index (χ3n) is 2.92. The molecule has 0 bridgehead atoms. The summed E-state index contributed by atoms with van der Waals surface area (Å²) >= 11 is 3.38. The van der Waals surface area contributed by atoms with Gasteiger partial charge in [0, 0.05) is 4.47 Å². The zero-order valence-corrected chi connectivity index (χ0v) is 12.1. The van der Waals surface area contributed by atoms with E-state index in [0.717, 1.165) is 9.99 Å². The maximum absolute atomic E-state index is 12.4. The number of fused-ring (bicyclic) bond motifs is 1. The fourth-order valence-electron chi connectivity index (χ4n) is 1.95. The van der Waals surface area contributed by atoms with E-state index in [1.165, 1.54) is 6.33 Å². The summed E-state index contributed by atoms with van der Waals surface area (Å²) in [5.74, 6) is 0.388. The zero-order valence-electron chi connectivity index (χ0n) is 10.5. The maximum Gasteiger partial charge on any atom is 0.254 e. The van der Waals surface area contributed by atoms with Crippen LogP contribution in [0, 0.1) is 0 Å². The molecule has 0 spiro atoms. The topological polar surface area (TPSA) is 99.3 Å². The van der Waals surface area contributed by atoms with Crippen LogP contribution in [-0.4, -0.2) is 31.1 Å². The lowest BCUT2D eigenvalue weighted by molar-refractivity contribution is 0.0940. The number of rotatable bonds is 3. The van der Waals surface area contributed by atoms with E-state index < -0.39 is 0 Å². The number of hydrogen-bond donors (Lipinski definition) is 3. The Morgan fingerprint density at radius 2 is 2.25 bits per heavy atom. The molecular formula is C12H11BrN6O. The van der Waals surface area contributed by atoms with Crippen molar-refractivity contribution >= 4 is 32.9 Å². The molecule has 2 heterocycles. The van der Waals surface area contributed by atoms with Gasteiger partial charge in [0.2, 0.25) is 0 Å². The normalized spacial score (nSPS) is 12.5. The number of aromatic amines is 2. The Kier molecular flexibility index (Phi) is 3.23. The first-order chi connectivity index (χ1) is 9.65. The lowest BCUT2D eigenvalue weighted by atomic mass is 10.1. The van der Waals surface area contributed by atoms with Crippen molar-refractivity contribution in [3.05, 3.63) is 40.6 Å². The van der Waals surface area contributed by atoms with Gasteiger partial charge in [-0.25, -0.2) is 9.97 Å². The van der Waals surface area contributed by atoms with Gasteiger partial charge in [-0.2, -0.15) is 5.10 Å². The molecule has 0 saturated carbocycles. The highest BCUT2D eigenvalue weighted by Gasteiger charge is 2.17. The Hall–Kier alpha value is -2.22. The van der Waals surface area contributed by atoms with Gasteiger partial charge in [-0.05, 0) is 19.1 Å². The molecule has 8 heteroatoms. The molecule has 0 unspecified atom stereocenters. The first-order valence-electron chi connectivity index (χ1n) is 5.94. The van der Waals surface area contributed by atoms with E-state index in [4.69, 9.17) is 0 Å². The SMILES string of the molecule is C[C@@H](NC(=O)c1cc(Br)cc2[nH]cnc12)c1ncn[nH]1. The van der Waals surface area contributed by atoms with Crippen molar-refractivity contribution in [2.45, 2.75) is 13.0 Å². The van der Waals surface area contributed by atoms with Crippen LogP contribution < -0.4 is 5.32 Å². The largest absolute Gasteiger partial charge is 0.345 e. The molecule has 2 aromatic heterocycles. The number of H-pyrrole nitrogens is 2. The second kappa shape index (κ2) is 5.04. The quantitative estimate of drug-likeness (QED) is 0.681. The van der Waals surface area contributed by atoms with Crippen LogP contribution in [0.25, 0.3) is 11.0 Å². The van der Waals surface area contributed by atoms with E-state index in [1.54, 1.807) is 12.4 Å². The van der Waals surface area contributed by atoms with Gasteiger partial charge in [0.05, 0.1) is 23.4 Å². The van der Waals surface area contributed by atoms with E-state index >= 15 is 0 Å². The van der Waals surface area contributed by atoms with Gasteiger partial charge in [-0.1, -0.05) is 15.9 Å². The fourth-order valence-corrected chi connectivity index (χ4v) is 2.41. The minimum atomic E-state index is -0.266. The number of aromatic nitrogens is 5. The van der Waals surface area contributed by atoms with Crippen LogP contribution in [0.5, 0.6) is 0 Å². The number of nitrogens with zero attached hydrogens (tertiary/aromatic N) is 3. The van der Waals surface area contributed by atoms with E-state index in [0.29, 0.717) is 16.9 Å². The molecule has 3 aromatic rings. The monoisotopic (exact) mass is 334 g/mol. The third-order valence-corrected chi connectivity index (χ3v) is 3.38. The first-order valence-corrected chi connectivity index (χ1v) is 6.73. The lowest BCUT2D eigenvalue weighted by Crippen LogP contribution is -2.27. The zero-order chi connectivity index (χ0) is 14.1. The van der Waals surface area contributed by atoms with Crippen molar-refractivity contribution in [1.29, 1.82) is 0 Å². The van der Waals surface area contributed by atoms with Crippen molar-refractivity contribution < 1.29 is 4.79 Å². The Morgan fingerprint density at radius 1 is 1.40 bits per heavy atom. The number of carbonyl (C=O) groups excluding carboxylic acids is 1. The van der Waals surface area contributed by atoms with Crippen LogP contribution in [0.4, 0.5) is 0 Å². The molecule has 7 nitrogen and oxygen atoms in total. The van der Waals surface area contributed by atoms with Crippen LogP contribution in [0.15, 0.2) is 29.3 Å². The fraction of sp³-hybridized carbons (Fsp3) is 0.167. The minimum Gasteiger partial charge on any atom is -0.345 e. The number of imidazole rings is 1. The van der Waals surface area contributed by atoms with E-state index in [1.807, 2.05) is 13.0 Å². The molecule has 1 atom stereocenters. The highest BCUT2D eigenvalue weighted by Crippen LogP contribution is 2.22. The van der Waals surface area contributed by atoms with Crippen molar-refractivity contribution in [2.24, 2.45) is 0 Å². The van der Waals surface area contributed by atoms with E-state index in [9.17, 15) is 4.79 Å². The van der Waals surface area contributed by atoms with Crippen molar-refractivity contribution in [3.63, 3.8) is 0 Å². The summed E-state index contributed by atoms with van der Waals surface area (Å²) in [4.78, 5) is 23.6. The summed E-state index contributed by atoms with van der Waals surface area (Å²) in [5, 5.41) is 9.36. The average molecular weight is 335 g/mol. The second-order valence-corrected chi connectivity index (χ2v) is 5.23. The number of amides is 1. The molecule has 1 aromatic carbocycles. The number of benzene rings is 1. The lowest BCUT2D eigenvalue weighted by Gasteiger charge is -2.11. The van der Waals surface area contributed by atoms with Crippen LogP contribution >= 0.6 is 15.9 Å². The third kappa shape index (κ3) is 2.29. The highest BCUT2D eigenvalue weighted by atomic mass is 79.9. The summed E-state index contributed by atoms with van der Waals surface area (Å²) in [7, 11) is 0. The number of halogens is 1. The van der Waals surface area contributed by atoms with E-state index in [2.05, 4.69) is 46.4 Å². The van der Waals surface area contributed by atoms with Gasteiger partial charge in [-0.15, -0.1) is 0 Å². The molecule has 102 valence electrons. The molecule has 0 aliphatic rings. The van der Waals surface area contributed by atoms with Crippen LogP contribution in [0.1, 0.15) is 29.1 Å². The summed E-state index contributed by atoms with van der Waals surface area (Å²) in [6, 6.07) is 3.35. The minimum absolute atomic E-state index is 0.215. The predicted molar refractivity (Wildman–Crippen MR) is 76.1 cm³/mol. The van der Waals surface area contributed by atoms with Crippen molar-refractivity contribution in [2.75, 3.05) is 0 Å². The number of nitrogens with one attached hydrogen (secondary N) is 3. The predicted octanol–water partition coefficient (Wildman–Crippen LogP) is 1.93. The van der Waals surface area contributed by atoms with Crippen LogP contribution in [-0.2, 0) is 0 Å². The molecule has 20 heavy (non-hydrogen) atoms. The molecule has 3 rings (SSSR count). The average Bonchev–Trinajstić information content (AvgIpc) is 3.08. The Balaban J connectivity index is 1.91. The van der Waals surface area contributed by atoms with Gasteiger partial charge < -0.3 is 10.3 Å². The van der Waals surface area contributed by atoms with Gasteiger partial charge in [0.15, 0.2) is 0 Å². The molecule has 0 aliphatic heterocycles. The molecule has 1 amide bonds. The van der Waals surface area contributed by atoms with Gasteiger partial charge in [0.1, 0.15) is 17.7 Å². The van der Waals surface area contributed by atoms with Gasteiger partial charge in [0.25, 0.3) is 5.91 Å². The van der Waals surface area contributed by atoms with Crippen molar-refractivity contribution in [1.82, 2.24) is 30.5 Å². The Bertz CT molecular complexity index is 750. The smallest absolute Gasteiger partial charge is 0.254 e. The standard InChI is InChI=1S/C12H11BrN6O/c1-6(11-16-5-17-19-11)18-12(20)8-2-7(13)3-9-10(8)15-4-14-9/h2-6H,1H3,(H,14,15)(H,18,20)(H,16,17,19)/t6-/m1/s1.